The molecule has 0 aliphatic carbocycles. The van der Waals surface area contributed by atoms with Gasteiger partial charge in [0.2, 0.25) is 5.91 Å². The predicted octanol–water partition coefficient (Wildman–Crippen LogP) is 2.98. The molecular weight excluding hydrogens is 352 g/mol. The number of likely N-dealkylation sites (N-methyl/N-ethyl adjacent to an activating group) is 1. The Bertz CT molecular complexity index is 817. The van der Waals surface area contributed by atoms with Crippen molar-refractivity contribution >= 4 is 17.6 Å². The van der Waals surface area contributed by atoms with E-state index in [-0.39, 0.29) is 18.0 Å². The molecule has 148 valence electrons. The summed E-state index contributed by atoms with van der Waals surface area (Å²) in [5, 5.41) is 5.69. The zero-order chi connectivity index (χ0) is 20.1. The molecule has 2 aromatic carbocycles. The van der Waals surface area contributed by atoms with E-state index in [1.54, 1.807) is 0 Å². The van der Waals surface area contributed by atoms with E-state index in [0.717, 1.165) is 29.9 Å². The maximum absolute atomic E-state index is 12.4. The van der Waals surface area contributed by atoms with Gasteiger partial charge >= 0.3 is 6.03 Å². The van der Waals surface area contributed by atoms with Crippen LogP contribution in [0.4, 0.5) is 10.5 Å². The van der Waals surface area contributed by atoms with Crippen LogP contribution in [0.1, 0.15) is 23.6 Å². The van der Waals surface area contributed by atoms with Crippen LogP contribution in [0.3, 0.4) is 0 Å². The second kappa shape index (κ2) is 8.89. The standard InChI is InChI=1S/C22H28N4O2/c1-16-4-6-18(7-5-16)14-23-22(28)24-20-10-8-19(9-11-20)15-26-13-12-25(3)17(2)21(26)27/h4-11,17H,12-15H2,1-3H3,(H2,23,24,28)/t17-/m1/s1. The summed E-state index contributed by atoms with van der Waals surface area (Å²) in [6.07, 6.45) is 0. The number of anilines is 1. The smallest absolute Gasteiger partial charge is 0.319 e. The Morgan fingerprint density at radius 2 is 1.68 bits per heavy atom. The van der Waals surface area contributed by atoms with E-state index in [1.165, 1.54) is 5.56 Å². The van der Waals surface area contributed by atoms with Gasteiger partial charge in [0.05, 0.1) is 6.04 Å². The summed E-state index contributed by atoms with van der Waals surface area (Å²) in [5.74, 6) is 0.159. The molecule has 0 radical (unpaired) electrons. The fourth-order valence-corrected chi connectivity index (χ4v) is 3.17. The molecule has 0 bridgehead atoms. The summed E-state index contributed by atoms with van der Waals surface area (Å²) in [5.41, 5.74) is 4.03. The van der Waals surface area contributed by atoms with Gasteiger partial charge in [0, 0.05) is 31.9 Å². The summed E-state index contributed by atoms with van der Waals surface area (Å²) in [7, 11) is 1.98. The third-order valence-electron chi connectivity index (χ3n) is 5.21. The van der Waals surface area contributed by atoms with Crippen LogP contribution in [0.25, 0.3) is 0 Å². The normalized spacial score (nSPS) is 17.5. The van der Waals surface area contributed by atoms with Gasteiger partial charge < -0.3 is 15.5 Å². The van der Waals surface area contributed by atoms with Crippen molar-refractivity contribution in [2.24, 2.45) is 0 Å². The largest absolute Gasteiger partial charge is 0.336 e. The van der Waals surface area contributed by atoms with Crippen LogP contribution in [0.5, 0.6) is 0 Å². The molecule has 1 heterocycles. The Morgan fingerprint density at radius 1 is 1.04 bits per heavy atom. The monoisotopic (exact) mass is 380 g/mol. The van der Waals surface area contributed by atoms with Crippen molar-refractivity contribution in [3.05, 3.63) is 65.2 Å². The van der Waals surface area contributed by atoms with Gasteiger partial charge in [-0.1, -0.05) is 42.0 Å². The number of carbonyl (C=O) groups excluding carboxylic acids is 2. The molecule has 0 unspecified atom stereocenters. The second-order valence-corrected chi connectivity index (χ2v) is 7.41. The van der Waals surface area contributed by atoms with Gasteiger partial charge in [-0.25, -0.2) is 4.79 Å². The average molecular weight is 380 g/mol. The number of nitrogens with one attached hydrogen (secondary N) is 2. The SMILES string of the molecule is Cc1ccc(CNC(=O)Nc2ccc(CN3CCN(C)[C@H](C)C3=O)cc2)cc1. The highest BCUT2D eigenvalue weighted by Gasteiger charge is 2.28. The zero-order valence-corrected chi connectivity index (χ0v) is 16.7. The lowest BCUT2D eigenvalue weighted by Gasteiger charge is -2.37. The maximum atomic E-state index is 12.4. The van der Waals surface area contributed by atoms with Crippen LogP contribution < -0.4 is 10.6 Å². The zero-order valence-electron chi connectivity index (χ0n) is 16.7. The minimum absolute atomic E-state index is 0.0769. The lowest BCUT2D eigenvalue weighted by Crippen LogP contribution is -2.53. The predicted molar refractivity (Wildman–Crippen MR) is 111 cm³/mol. The number of urea groups is 1. The number of nitrogens with zero attached hydrogens (tertiary/aromatic N) is 2. The molecule has 1 aliphatic heterocycles. The van der Waals surface area contributed by atoms with Gasteiger partial charge in [-0.15, -0.1) is 0 Å². The molecule has 6 heteroatoms. The van der Waals surface area contributed by atoms with Crippen LogP contribution in [0, 0.1) is 6.92 Å². The molecule has 1 aliphatic rings. The minimum atomic E-state index is -0.239. The highest BCUT2D eigenvalue weighted by molar-refractivity contribution is 5.89. The van der Waals surface area contributed by atoms with E-state index in [4.69, 9.17) is 0 Å². The van der Waals surface area contributed by atoms with E-state index in [2.05, 4.69) is 15.5 Å². The van der Waals surface area contributed by atoms with E-state index in [0.29, 0.717) is 13.1 Å². The highest BCUT2D eigenvalue weighted by Crippen LogP contribution is 2.15. The summed E-state index contributed by atoms with van der Waals surface area (Å²) in [4.78, 5) is 28.4. The van der Waals surface area contributed by atoms with Crippen LogP contribution in [0.2, 0.25) is 0 Å². The van der Waals surface area contributed by atoms with E-state index >= 15 is 0 Å². The molecule has 6 nitrogen and oxygen atoms in total. The Balaban J connectivity index is 1.49. The summed E-state index contributed by atoms with van der Waals surface area (Å²) in [6, 6.07) is 15.4. The number of hydrogen-bond acceptors (Lipinski definition) is 3. The highest BCUT2D eigenvalue weighted by atomic mass is 16.2. The van der Waals surface area contributed by atoms with Crippen LogP contribution in [0.15, 0.2) is 48.5 Å². The first-order valence-electron chi connectivity index (χ1n) is 9.61. The number of rotatable bonds is 5. The first-order chi connectivity index (χ1) is 13.4. The molecule has 1 saturated heterocycles. The summed E-state index contributed by atoms with van der Waals surface area (Å²) in [6.45, 7) is 6.67. The molecule has 28 heavy (non-hydrogen) atoms. The van der Waals surface area contributed by atoms with Crippen molar-refractivity contribution in [2.45, 2.75) is 33.0 Å². The maximum Gasteiger partial charge on any atom is 0.319 e. The fourth-order valence-electron chi connectivity index (χ4n) is 3.17. The molecule has 1 atom stereocenters. The Kier molecular flexibility index (Phi) is 6.31. The van der Waals surface area contributed by atoms with Crippen molar-refractivity contribution < 1.29 is 9.59 Å². The molecule has 2 N–H and O–H groups in total. The number of benzene rings is 2. The van der Waals surface area contributed by atoms with Crippen LogP contribution >= 0.6 is 0 Å². The Labute approximate surface area is 166 Å². The number of hydrogen-bond donors (Lipinski definition) is 2. The molecule has 0 spiro atoms. The van der Waals surface area contributed by atoms with Gasteiger partial charge in [-0.3, -0.25) is 9.69 Å². The first-order valence-corrected chi connectivity index (χ1v) is 9.61. The third kappa shape index (κ3) is 5.10. The van der Waals surface area contributed by atoms with Crippen molar-refractivity contribution in [1.82, 2.24) is 15.1 Å². The second-order valence-electron chi connectivity index (χ2n) is 7.41. The number of carbonyl (C=O) groups is 2. The Hall–Kier alpha value is -2.86. The Morgan fingerprint density at radius 3 is 2.36 bits per heavy atom. The van der Waals surface area contributed by atoms with Crippen molar-refractivity contribution in [3.63, 3.8) is 0 Å². The lowest BCUT2D eigenvalue weighted by molar-refractivity contribution is -0.140. The van der Waals surface area contributed by atoms with Gasteiger partial charge in [0.15, 0.2) is 0 Å². The van der Waals surface area contributed by atoms with Gasteiger partial charge in [0.25, 0.3) is 0 Å². The molecule has 1 fully saturated rings. The molecule has 0 saturated carbocycles. The molecule has 3 amide bonds. The molecule has 2 aromatic rings. The van der Waals surface area contributed by atoms with E-state index < -0.39 is 0 Å². The quantitative estimate of drug-likeness (QED) is 0.838. The van der Waals surface area contributed by atoms with E-state index in [1.807, 2.05) is 74.3 Å². The first kappa shape index (κ1) is 19.9. The number of aryl methyl sites for hydroxylation is 1. The number of piperazine rings is 1. The van der Waals surface area contributed by atoms with Crippen LogP contribution in [-0.2, 0) is 17.9 Å². The van der Waals surface area contributed by atoms with Crippen molar-refractivity contribution in [3.8, 4) is 0 Å². The average Bonchev–Trinajstić information content (AvgIpc) is 2.69. The molecule has 3 rings (SSSR count). The fraction of sp³-hybridized carbons (Fsp3) is 0.364. The van der Waals surface area contributed by atoms with Crippen LogP contribution in [-0.4, -0.2) is 47.9 Å². The third-order valence-corrected chi connectivity index (χ3v) is 5.21. The topological polar surface area (TPSA) is 64.7 Å². The van der Waals surface area contributed by atoms with Crippen molar-refractivity contribution in [2.75, 3.05) is 25.5 Å². The number of amides is 3. The summed E-state index contributed by atoms with van der Waals surface area (Å²) >= 11 is 0. The van der Waals surface area contributed by atoms with E-state index in [9.17, 15) is 9.59 Å². The minimum Gasteiger partial charge on any atom is -0.336 e. The van der Waals surface area contributed by atoms with Gasteiger partial charge in [0.1, 0.15) is 0 Å². The van der Waals surface area contributed by atoms with Gasteiger partial charge in [-0.05, 0) is 44.2 Å². The molecular formula is C22H28N4O2. The van der Waals surface area contributed by atoms with Gasteiger partial charge in [-0.2, -0.15) is 0 Å². The lowest BCUT2D eigenvalue weighted by atomic mass is 10.1. The van der Waals surface area contributed by atoms with Crippen molar-refractivity contribution in [1.29, 1.82) is 0 Å². The molecule has 0 aromatic heterocycles. The summed E-state index contributed by atoms with van der Waals surface area (Å²) < 4.78 is 0.